The highest BCUT2D eigenvalue weighted by molar-refractivity contribution is 8.78. The van der Waals surface area contributed by atoms with Crippen LogP contribution in [0.1, 0.15) is 117 Å². The van der Waals surface area contributed by atoms with Gasteiger partial charge in [0.1, 0.15) is 11.6 Å². The van der Waals surface area contributed by atoms with Crippen LogP contribution in [-0.4, -0.2) is 84.2 Å². The Balaban J connectivity index is 0.000000884. The van der Waals surface area contributed by atoms with E-state index in [9.17, 15) is 14.4 Å². The first-order valence-corrected chi connectivity index (χ1v) is 27.8. The van der Waals surface area contributed by atoms with Gasteiger partial charge in [0, 0.05) is 73.5 Å². The van der Waals surface area contributed by atoms with E-state index in [-0.39, 0.29) is 30.2 Å². The van der Waals surface area contributed by atoms with E-state index in [0.29, 0.717) is 40.2 Å². The second-order valence-corrected chi connectivity index (χ2v) is 24.9. The summed E-state index contributed by atoms with van der Waals surface area (Å²) < 4.78 is 10.8. The van der Waals surface area contributed by atoms with Crippen molar-refractivity contribution in [1.29, 1.82) is 0 Å². The molecule has 1 amide bonds. The number of nitrogen functional groups attached to an aromatic ring is 1. The molecule has 1 aliphatic rings. The Bertz CT molecular complexity index is 1490. The molecule has 2 heterocycles. The van der Waals surface area contributed by atoms with E-state index in [1.807, 2.05) is 100 Å². The average Bonchev–Trinajstić information content (AvgIpc) is 3.70. The topological polar surface area (TPSA) is 125 Å². The summed E-state index contributed by atoms with van der Waals surface area (Å²) in [6.45, 7) is 29.5. The van der Waals surface area contributed by atoms with Crippen molar-refractivity contribution in [1.82, 2.24) is 14.9 Å². The van der Waals surface area contributed by atoms with Crippen LogP contribution in [-0.2, 0) is 25.6 Å². The highest BCUT2D eigenvalue weighted by atomic mass is 33.1. The fourth-order valence-electron chi connectivity index (χ4n) is 4.17. The first kappa shape index (κ1) is 57.6. The van der Waals surface area contributed by atoms with Crippen molar-refractivity contribution in [2.75, 3.05) is 30.5 Å². The molecule has 1 unspecified atom stereocenters. The number of hydrogen-bond donors (Lipinski definition) is 1. The minimum atomic E-state index is -0.227. The van der Waals surface area contributed by atoms with E-state index < -0.39 is 0 Å². The quantitative estimate of drug-likeness (QED) is 0.0419. The molecule has 0 bridgehead atoms. The molecule has 0 aliphatic carbocycles. The molecule has 0 spiro atoms. The number of carbonyl (C=O) groups excluding carboxylic acids is 3. The van der Waals surface area contributed by atoms with E-state index in [0.717, 1.165) is 45.4 Å². The molecule has 1 aliphatic heterocycles. The van der Waals surface area contributed by atoms with Gasteiger partial charge in [0.05, 0.1) is 25.2 Å². The first-order chi connectivity index (χ1) is 27.9. The zero-order chi connectivity index (χ0) is 44.8. The van der Waals surface area contributed by atoms with Gasteiger partial charge < -0.3 is 20.1 Å². The third-order valence-corrected chi connectivity index (χ3v) is 17.1. The Labute approximate surface area is 384 Å². The Morgan fingerprint density at radius 2 is 1.59 bits per heavy atom. The average molecular weight is 948 g/mol. The molecule has 2 aromatic rings. The van der Waals surface area contributed by atoms with Crippen molar-refractivity contribution in [2.24, 2.45) is 5.92 Å². The predicted octanol–water partition coefficient (Wildman–Crippen LogP) is 12.8. The summed E-state index contributed by atoms with van der Waals surface area (Å²) >= 11 is 1.37. The number of allylic oxidation sites excluding steroid dienone is 1. The molecular weight excluding hydrogens is 877 g/mol. The Kier molecular flexibility index (Phi) is 34.3. The summed E-state index contributed by atoms with van der Waals surface area (Å²) in [5.74, 6) is 2.79. The second-order valence-electron chi connectivity index (χ2n) is 14.5. The zero-order valence-corrected chi connectivity index (χ0v) is 43.0. The maximum absolute atomic E-state index is 11.8. The Morgan fingerprint density at radius 3 is 2.10 bits per heavy atom. The van der Waals surface area contributed by atoms with Crippen LogP contribution in [0.3, 0.4) is 0 Å². The van der Waals surface area contributed by atoms with Crippen LogP contribution in [0.15, 0.2) is 59.8 Å². The third-order valence-electron chi connectivity index (χ3n) is 7.04. The lowest BCUT2D eigenvalue weighted by atomic mass is 10.2. The van der Waals surface area contributed by atoms with Crippen molar-refractivity contribution in [3.8, 4) is 0 Å². The highest BCUT2D eigenvalue weighted by Crippen LogP contribution is 2.38. The summed E-state index contributed by atoms with van der Waals surface area (Å²) in [6.07, 6.45) is 7.96. The van der Waals surface area contributed by atoms with Gasteiger partial charge in [-0.05, 0) is 26.7 Å². The molecule has 1 fully saturated rings. The molecule has 0 radical (unpaired) electrons. The number of esters is 1. The molecule has 1 aromatic heterocycles. The molecule has 1 atom stereocenters. The van der Waals surface area contributed by atoms with Gasteiger partial charge in [0.15, 0.2) is 0 Å². The van der Waals surface area contributed by atoms with Crippen LogP contribution in [0, 0.1) is 12.8 Å². The maximum Gasteiger partial charge on any atom is 0.308 e. The third kappa shape index (κ3) is 30.3. The number of ether oxygens (including phenoxy) is 2. The number of carbonyl (C=O) groups is 3. The fraction of sp³-hybridized carbons (Fsp3) is 0.605. The largest absolute Gasteiger partial charge is 0.465 e. The predicted molar refractivity (Wildman–Crippen MR) is 269 cm³/mol. The number of thioether (sulfide) groups is 1. The number of nitrogens with two attached hydrogens (primary N) is 1. The number of benzene rings is 1. The van der Waals surface area contributed by atoms with Gasteiger partial charge in [-0.1, -0.05) is 182 Å². The van der Waals surface area contributed by atoms with Crippen LogP contribution in [0.5, 0.6) is 0 Å². The SMILES string of the molecule is C/C(=C(/CCOC(=O)C(C)C)SSC(C)C)N(C=O)Cc1cnc(C)nc1N.C=CCSSC(C)C.CC(C)SC(=O)c1ccccc1.CC(C)SSCC1CCCO1. The number of aromatic nitrogens is 2. The monoisotopic (exact) mass is 946 g/mol. The molecule has 0 saturated carbocycles. The summed E-state index contributed by atoms with van der Waals surface area (Å²) in [6, 6.07) is 9.37. The van der Waals surface area contributed by atoms with Crippen LogP contribution in [0.2, 0.25) is 0 Å². The lowest BCUT2D eigenvalue weighted by Crippen LogP contribution is -2.22. The van der Waals surface area contributed by atoms with E-state index in [2.05, 4.69) is 58.1 Å². The summed E-state index contributed by atoms with van der Waals surface area (Å²) in [5, 5.41) is 2.40. The minimum Gasteiger partial charge on any atom is -0.465 e. The zero-order valence-electron chi connectivity index (χ0n) is 37.3. The maximum atomic E-state index is 11.8. The van der Waals surface area contributed by atoms with Gasteiger partial charge in [-0.2, -0.15) is 0 Å². The molecule has 3 rings (SSSR count). The molecule has 16 heteroatoms. The van der Waals surface area contributed by atoms with E-state index in [1.165, 1.54) is 30.4 Å². The summed E-state index contributed by atoms with van der Waals surface area (Å²) in [7, 11) is 11.0. The van der Waals surface area contributed by atoms with Gasteiger partial charge in [0.2, 0.25) is 11.5 Å². The number of aryl methyl sites for hydroxylation is 1. The van der Waals surface area contributed by atoms with E-state index in [1.54, 1.807) is 53.5 Å². The Morgan fingerprint density at radius 1 is 0.966 bits per heavy atom. The fourth-order valence-corrected chi connectivity index (χ4v) is 11.2. The van der Waals surface area contributed by atoms with Crippen molar-refractivity contribution in [3.63, 3.8) is 0 Å². The lowest BCUT2D eigenvalue weighted by molar-refractivity contribution is -0.147. The van der Waals surface area contributed by atoms with Crippen molar-refractivity contribution >= 4 is 99.8 Å². The van der Waals surface area contributed by atoms with Crippen molar-refractivity contribution < 1.29 is 23.9 Å². The van der Waals surface area contributed by atoms with Crippen LogP contribution in [0.25, 0.3) is 0 Å². The van der Waals surface area contributed by atoms with Gasteiger partial charge in [-0.3, -0.25) is 14.4 Å². The normalized spacial score (nSPS) is 13.8. The van der Waals surface area contributed by atoms with Crippen LogP contribution < -0.4 is 5.73 Å². The number of anilines is 1. The lowest BCUT2D eigenvalue weighted by Gasteiger charge is -2.22. The van der Waals surface area contributed by atoms with Gasteiger partial charge >= 0.3 is 5.97 Å². The second kappa shape index (κ2) is 35.1. The molecule has 2 N–H and O–H groups in total. The Hall–Kier alpha value is -1.40. The van der Waals surface area contributed by atoms with Crippen molar-refractivity contribution in [2.45, 2.75) is 136 Å². The smallest absolute Gasteiger partial charge is 0.308 e. The van der Waals surface area contributed by atoms with Crippen molar-refractivity contribution in [3.05, 3.63) is 76.7 Å². The number of amides is 1. The van der Waals surface area contributed by atoms with Gasteiger partial charge in [-0.25, -0.2) is 9.97 Å². The molecule has 59 heavy (non-hydrogen) atoms. The highest BCUT2D eigenvalue weighted by Gasteiger charge is 2.17. The van der Waals surface area contributed by atoms with Gasteiger partial charge in [-0.15, -0.1) is 6.58 Å². The summed E-state index contributed by atoms with van der Waals surface area (Å²) in [5.41, 5.74) is 8.24. The van der Waals surface area contributed by atoms with Crippen LogP contribution in [0.4, 0.5) is 5.82 Å². The van der Waals surface area contributed by atoms with Gasteiger partial charge in [0.25, 0.3) is 0 Å². The minimum absolute atomic E-state index is 0.158. The van der Waals surface area contributed by atoms with E-state index in [4.69, 9.17) is 15.2 Å². The summed E-state index contributed by atoms with van der Waals surface area (Å²) in [4.78, 5) is 45.8. The molecule has 334 valence electrons. The molecule has 9 nitrogen and oxygen atoms in total. The molecule has 1 saturated heterocycles. The van der Waals surface area contributed by atoms with Crippen LogP contribution >= 0.6 is 76.5 Å². The number of hydrogen-bond acceptors (Lipinski definition) is 15. The first-order valence-electron chi connectivity index (χ1n) is 20.0. The molecular formula is C43H70N4O5S7. The molecule has 1 aromatic carbocycles. The van der Waals surface area contributed by atoms with E-state index >= 15 is 0 Å². The standard InChI is InChI=1S/C19H30N4O3S2.C10H12OS.C8H16OS2.C6H12S2/c1-12(2)19(25)26-8-7-17(28-27-13(3)4)14(5)23(11-24)10-16-9-21-15(6)22-18(16)20;1-8(2)12-10(11)9-6-4-3-5-7-9;1-7(2)11-10-6-8-4-3-5-9-8;1-4-5-7-8-6(2)3/h9,11-13H,7-8,10H2,1-6H3,(H2,20,21,22);3-8H,1-2H3;7-8H,3-6H2,1-2H3;4,6H,1,5H2,2-3H3/b17-14+;;;. The number of nitrogens with zero attached hydrogens (tertiary/aromatic N) is 3. The number of rotatable bonds is 21.